The number of hydrogen-bond donors (Lipinski definition) is 3. The first-order valence-corrected chi connectivity index (χ1v) is 14.3. The third-order valence-corrected chi connectivity index (χ3v) is 8.69. The van der Waals surface area contributed by atoms with E-state index in [1.54, 1.807) is 28.1 Å². The van der Waals surface area contributed by atoms with E-state index in [4.69, 9.17) is 4.98 Å². The van der Waals surface area contributed by atoms with Gasteiger partial charge in [-0.2, -0.15) is 10.4 Å². The molecule has 2 fully saturated rings. The normalized spacial score (nSPS) is 21.0. The van der Waals surface area contributed by atoms with Crippen molar-refractivity contribution in [1.82, 2.24) is 30.1 Å². The van der Waals surface area contributed by atoms with Crippen LogP contribution >= 0.6 is 11.3 Å². The van der Waals surface area contributed by atoms with Gasteiger partial charge in [-0.1, -0.05) is 11.3 Å². The number of anilines is 2. The molecule has 2 aliphatic rings. The molecule has 1 aliphatic carbocycles. The van der Waals surface area contributed by atoms with Crippen LogP contribution in [0.2, 0.25) is 0 Å². The minimum absolute atomic E-state index is 0.0930. The summed E-state index contributed by atoms with van der Waals surface area (Å²) < 4.78 is 1.78. The van der Waals surface area contributed by atoms with Crippen molar-refractivity contribution in [3.63, 3.8) is 0 Å². The summed E-state index contributed by atoms with van der Waals surface area (Å²) in [5.41, 5.74) is 4.71. The van der Waals surface area contributed by atoms with Gasteiger partial charge in [-0.05, 0) is 69.7 Å². The molecular weight excluding hydrogens is 526 g/mol. The molecule has 6 rings (SSSR count). The highest BCUT2D eigenvalue weighted by molar-refractivity contribution is 7.18. The van der Waals surface area contributed by atoms with Crippen LogP contribution in [0.1, 0.15) is 39.2 Å². The van der Waals surface area contributed by atoms with Crippen molar-refractivity contribution in [2.75, 3.05) is 23.3 Å². The molecule has 0 unspecified atom stereocenters. The molecule has 3 N–H and O–H groups in total. The zero-order valence-electron chi connectivity index (χ0n) is 22.6. The van der Waals surface area contributed by atoms with Crippen molar-refractivity contribution >= 4 is 33.6 Å². The molecule has 206 valence electrons. The molecule has 3 atom stereocenters. The highest BCUT2D eigenvalue weighted by atomic mass is 32.1. The Balaban J connectivity index is 1.26. The Bertz CT molecular complexity index is 1590. The molecule has 0 aromatic carbocycles. The molecule has 1 aliphatic heterocycles. The molecule has 1 amide bonds. The second-order valence-electron chi connectivity index (χ2n) is 10.9. The lowest BCUT2D eigenvalue weighted by Gasteiger charge is -2.38. The van der Waals surface area contributed by atoms with Gasteiger partial charge in [0.05, 0.1) is 34.2 Å². The van der Waals surface area contributed by atoms with Gasteiger partial charge in [-0.15, -0.1) is 10.2 Å². The Kier molecular flexibility index (Phi) is 6.85. The maximum atomic E-state index is 12.1. The number of carbonyl (C=O) groups is 1. The molecule has 12 heteroatoms. The lowest BCUT2D eigenvalue weighted by Crippen LogP contribution is -2.54. The second kappa shape index (κ2) is 10.5. The van der Waals surface area contributed by atoms with Gasteiger partial charge in [0.2, 0.25) is 11.0 Å². The van der Waals surface area contributed by atoms with Crippen molar-refractivity contribution in [2.45, 2.75) is 51.8 Å². The number of nitrogens with zero attached hydrogens (tertiary/aromatic N) is 7. The monoisotopic (exact) mass is 557 g/mol. The summed E-state index contributed by atoms with van der Waals surface area (Å²) in [5.74, 6) is 0.343. The molecule has 4 aromatic heterocycles. The number of nitrogens with one attached hydrogen (secondary N) is 2. The number of aromatic nitrogens is 5. The number of fused-ring (bicyclic) bond motifs is 3. The third-order valence-electron chi connectivity index (χ3n) is 7.68. The van der Waals surface area contributed by atoms with Crippen LogP contribution in [0.3, 0.4) is 0 Å². The van der Waals surface area contributed by atoms with Crippen molar-refractivity contribution in [3.05, 3.63) is 42.2 Å². The Labute approximate surface area is 235 Å². The van der Waals surface area contributed by atoms with Crippen LogP contribution in [0.4, 0.5) is 10.8 Å². The summed E-state index contributed by atoms with van der Waals surface area (Å²) in [4.78, 5) is 19.2. The summed E-state index contributed by atoms with van der Waals surface area (Å²) in [5, 5.41) is 40.6. The highest BCUT2D eigenvalue weighted by Crippen LogP contribution is 2.41. The number of amides is 1. The van der Waals surface area contributed by atoms with E-state index in [0.29, 0.717) is 17.4 Å². The van der Waals surface area contributed by atoms with E-state index in [9.17, 15) is 15.2 Å². The van der Waals surface area contributed by atoms with Gasteiger partial charge in [-0.3, -0.25) is 9.78 Å². The van der Waals surface area contributed by atoms with Crippen LogP contribution in [0.15, 0.2) is 36.7 Å². The minimum atomic E-state index is -0.999. The number of nitriles is 1. The van der Waals surface area contributed by atoms with Gasteiger partial charge in [0.25, 0.3) is 0 Å². The number of rotatable bonds is 7. The maximum Gasteiger partial charge on any atom is 0.248 e. The molecule has 11 nitrogen and oxygen atoms in total. The zero-order chi connectivity index (χ0) is 28.0. The fourth-order valence-corrected chi connectivity index (χ4v) is 6.69. The third kappa shape index (κ3) is 4.87. The van der Waals surface area contributed by atoms with E-state index in [-0.39, 0.29) is 18.0 Å². The lowest BCUT2D eigenvalue weighted by atomic mass is 9.92. The van der Waals surface area contributed by atoms with Gasteiger partial charge in [-0.25, -0.2) is 4.52 Å². The van der Waals surface area contributed by atoms with Crippen LogP contribution in [0.25, 0.3) is 27.5 Å². The maximum absolute atomic E-state index is 12.1. The fourth-order valence-electron chi connectivity index (χ4n) is 5.80. The van der Waals surface area contributed by atoms with Crippen LogP contribution in [-0.4, -0.2) is 67.1 Å². The van der Waals surface area contributed by atoms with Gasteiger partial charge in [0.1, 0.15) is 12.2 Å². The SMILES string of the molecule is CC(C)Nc1cc(-c2ccc3cc(C#N)cnn23)ncc1-c1nnc(N2C[C@@H]3CC[C@@H](C2)C3NC(=O)[C@H](C)O)s1. The van der Waals surface area contributed by atoms with Gasteiger partial charge < -0.3 is 20.6 Å². The molecule has 1 saturated carbocycles. The van der Waals surface area contributed by atoms with Crippen LogP contribution < -0.4 is 15.5 Å². The van der Waals surface area contributed by atoms with Gasteiger partial charge in [0, 0.05) is 37.1 Å². The first kappa shape index (κ1) is 26.2. The Morgan fingerprint density at radius 1 is 1.15 bits per heavy atom. The quantitative estimate of drug-likeness (QED) is 0.312. The molecule has 2 bridgehead atoms. The van der Waals surface area contributed by atoms with Crippen LogP contribution in [0, 0.1) is 23.2 Å². The van der Waals surface area contributed by atoms with E-state index in [2.05, 4.69) is 50.7 Å². The van der Waals surface area contributed by atoms with E-state index in [0.717, 1.165) is 64.2 Å². The molecule has 0 spiro atoms. The first-order chi connectivity index (χ1) is 19.3. The smallest absolute Gasteiger partial charge is 0.248 e. The van der Waals surface area contributed by atoms with E-state index in [1.165, 1.54) is 6.92 Å². The largest absolute Gasteiger partial charge is 0.384 e. The van der Waals surface area contributed by atoms with Gasteiger partial charge in [0.15, 0.2) is 5.01 Å². The number of aliphatic hydroxyl groups is 1. The number of aliphatic hydroxyl groups excluding tert-OH is 1. The zero-order valence-corrected chi connectivity index (χ0v) is 23.4. The predicted molar refractivity (Wildman–Crippen MR) is 153 cm³/mol. The predicted octanol–water partition coefficient (Wildman–Crippen LogP) is 3.32. The number of hydrogen-bond acceptors (Lipinski definition) is 10. The van der Waals surface area contributed by atoms with Crippen molar-refractivity contribution in [1.29, 1.82) is 5.26 Å². The molecule has 4 aromatic rings. The average molecular weight is 558 g/mol. The topological polar surface area (TPSA) is 144 Å². The molecule has 40 heavy (non-hydrogen) atoms. The number of pyridine rings is 1. The molecule has 0 radical (unpaired) electrons. The molecular formula is C28H31N9O2S. The lowest BCUT2D eigenvalue weighted by molar-refractivity contribution is -0.129. The summed E-state index contributed by atoms with van der Waals surface area (Å²) in [6.45, 7) is 7.27. The standard InChI is InChI=1S/C28H31N9O2S/c1-15(2)32-22-9-23(24-7-6-20-8-17(10-29)11-31-37(20)24)30-12-21(22)27-34-35-28(40-27)36-13-18-4-5-19(14-36)25(18)33-26(39)16(3)38/h6-9,11-12,15-16,18-19,25,38H,4-5,13-14H2,1-3H3,(H,30,32)(H,33,39)/t16-,18-,19-/m0/s1. The summed E-state index contributed by atoms with van der Waals surface area (Å²) in [7, 11) is 0. The average Bonchev–Trinajstić information content (AvgIpc) is 3.64. The Hall–Kier alpha value is -4.08. The Morgan fingerprint density at radius 2 is 1.93 bits per heavy atom. The minimum Gasteiger partial charge on any atom is -0.384 e. The van der Waals surface area contributed by atoms with E-state index in [1.807, 2.05) is 24.4 Å². The van der Waals surface area contributed by atoms with Crippen molar-refractivity contribution in [2.24, 2.45) is 11.8 Å². The molecule has 5 heterocycles. The van der Waals surface area contributed by atoms with E-state index >= 15 is 0 Å². The number of carbonyl (C=O) groups excluding carboxylic acids is 1. The highest BCUT2D eigenvalue weighted by Gasteiger charge is 2.43. The summed E-state index contributed by atoms with van der Waals surface area (Å²) >= 11 is 1.54. The second-order valence-corrected chi connectivity index (χ2v) is 11.9. The first-order valence-electron chi connectivity index (χ1n) is 13.5. The van der Waals surface area contributed by atoms with Crippen LogP contribution in [0.5, 0.6) is 0 Å². The fraction of sp³-hybridized carbons (Fsp3) is 0.429. The summed E-state index contributed by atoms with van der Waals surface area (Å²) in [6.07, 6.45) is 4.48. The Morgan fingerprint density at radius 3 is 2.62 bits per heavy atom. The number of piperidine rings is 1. The van der Waals surface area contributed by atoms with Crippen molar-refractivity contribution in [3.8, 4) is 28.0 Å². The van der Waals surface area contributed by atoms with Gasteiger partial charge >= 0.3 is 0 Å². The van der Waals surface area contributed by atoms with Crippen molar-refractivity contribution < 1.29 is 9.90 Å². The van der Waals surface area contributed by atoms with Crippen LogP contribution in [-0.2, 0) is 4.79 Å². The molecule has 1 saturated heterocycles. The van der Waals surface area contributed by atoms with E-state index < -0.39 is 6.10 Å². The summed E-state index contributed by atoms with van der Waals surface area (Å²) in [6, 6.07) is 10.1.